The number of hydrogen-bond donors (Lipinski definition) is 2. The third kappa shape index (κ3) is 4.94. The highest BCUT2D eigenvalue weighted by atomic mass is 35.5. The monoisotopic (exact) mass is 428 g/mol. The van der Waals surface area contributed by atoms with E-state index in [1.807, 2.05) is 19.0 Å². The molecule has 0 saturated carbocycles. The van der Waals surface area contributed by atoms with Crippen molar-refractivity contribution >= 4 is 34.8 Å². The molecule has 0 bridgehead atoms. The number of likely N-dealkylation sites (N-methyl/N-ethyl adjacent to an activating group) is 1. The van der Waals surface area contributed by atoms with E-state index in [1.165, 1.54) is 11.3 Å². The zero-order chi connectivity index (χ0) is 21.8. The number of aryl methyl sites for hydroxylation is 1. The molecule has 0 radical (unpaired) electrons. The van der Waals surface area contributed by atoms with E-state index in [2.05, 4.69) is 40.8 Å². The van der Waals surface area contributed by atoms with E-state index in [4.69, 9.17) is 11.6 Å². The molecule has 0 aromatic heterocycles. The topological polar surface area (TPSA) is 64.7 Å². The Balaban J connectivity index is 1.66. The summed E-state index contributed by atoms with van der Waals surface area (Å²) in [6, 6.07) is 11.6. The lowest BCUT2D eigenvalue weighted by Gasteiger charge is -2.30. The van der Waals surface area contributed by atoms with E-state index in [-0.39, 0.29) is 6.04 Å². The maximum atomic E-state index is 12.4. The zero-order valence-corrected chi connectivity index (χ0v) is 18.7. The third-order valence-electron chi connectivity index (χ3n) is 5.64. The first kappa shape index (κ1) is 22.1. The highest BCUT2D eigenvalue weighted by Crippen LogP contribution is 2.30. The lowest BCUT2D eigenvalue weighted by molar-refractivity contribution is -0.136. The van der Waals surface area contributed by atoms with Crippen LogP contribution in [-0.4, -0.2) is 50.9 Å². The van der Waals surface area contributed by atoms with Crippen molar-refractivity contribution in [2.45, 2.75) is 25.8 Å². The lowest BCUT2D eigenvalue weighted by Crippen LogP contribution is -2.40. The zero-order valence-electron chi connectivity index (χ0n) is 18.0. The molecule has 3 rings (SSSR count). The molecule has 1 atom stereocenters. The van der Waals surface area contributed by atoms with Gasteiger partial charge >= 0.3 is 11.8 Å². The summed E-state index contributed by atoms with van der Waals surface area (Å²) in [5, 5.41) is 5.94. The van der Waals surface area contributed by atoms with E-state index in [9.17, 15) is 9.59 Å². The Morgan fingerprint density at radius 3 is 2.70 bits per heavy atom. The predicted octanol–water partition coefficient (Wildman–Crippen LogP) is 3.39. The van der Waals surface area contributed by atoms with Crippen LogP contribution in [0.3, 0.4) is 0 Å². The average molecular weight is 429 g/mol. The van der Waals surface area contributed by atoms with Crippen LogP contribution in [0.25, 0.3) is 0 Å². The van der Waals surface area contributed by atoms with Crippen molar-refractivity contribution in [3.05, 3.63) is 58.1 Å². The Labute approximate surface area is 183 Å². The largest absolute Gasteiger partial charge is 0.374 e. The van der Waals surface area contributed by atoms with Crippen molar-refractivity contribution in [2.24, 2.45) is 0 Å². The summed E-state index contributed by atoms with van der Waals surface area (Å²) in [6.07, 6.45) is 2.20. The molecule has 6 nitrogen and oxygen atoms in total. The summed E-state index contributed by atoms with van der Waals surface area (Å²) in [4.78, 5) is 29.1. The van der Waals surface area contributed by atoms with Gasteiger partial charge in [-0.25, -0.2) is 0 Å². The molecule has 2 N–H and O–H groups in total. The van der Waals surface area contributed by atoms with Crippen LogP contribution in [0.1, 0.15) is 29.2 Å². The van der Waals surface area contributed by atoms with Crippen LogP contribution in [0.4, 0.5) is 11.4 Å². The molecule has 0 spiro atoms. The molecule has 160 valence electrons. The van der Waals surface area contributed by atoms with Gasteiger partial charge in [0.1, 0.15) is 0 Å². The number of amides is 2. The second-order valence-electron chi connectivity index (χ2n) is 7.97. The molecular formula is C23H29ClN4O2. The molecule has 1 heterocycles. The fraction of sp³-hybridized carbons (Fsp3) is 0.391. The molecule has 2 aromatic rings. The number of anilines is 2. The van der Waals surface area contributed by atoms with Crippen LogP contribution in [-0.2, 0) is 16.0 Å². The second kappa shape index (κ2) is 9.49. The van der Waals surface area contributed by atoms with Gasteiger partial charge in [0.05, 0.1) is 6.04 Å². The molecule has 0 fully saturated rings. The fourth-order valence-corrected chi connectivity index (χ4v) is 3.98. The molecule has 0 saturated heterocycles. The van der Waals surface area contributed by atoms with Gasteiger partial charge < -0.3 is 20.4 Å². The van der Waals surface area contributed by atoms with Crippen molar-refractivity contribution < 1.29 is 9.59 Å². The molecule has 2 aromatic carbocycles. The second-order valence-corrected chi connectivity index (χ2v) is 8.38. The van der Waals surface area contributed by atoms with Gasteiger partial charge in [-0.3, -0.25) is 9.59 Å². The minimum atomic E-state index is -0.704. The van der Waals surface area contributed by atoms with E-state index in [0.717, 1.165) is 30.5 Å². The van der Waals surface area contributed by atoms with Gasteiger partial charge in [-0.1, -0.05) is 29.8 Å². The van der Waals surface area contributed by atoms with E-state index < -0.39 is 11.8 Å². The number of hydrogen-bond acceptors (Lipinski definition) is 4. The molecular weight excluding hydrogens is 400 g/mol. The Morgan fingerprint density at radius 2 is 1.97 bits per heavy atom. The van der Waals surface area contributed by atoms with Gasteiger partial charge in [-0.2, -0.15) is 0 Å². The Bertz CT molecular complexity index is 945. The number of nitrogens with zero attached hydrogens (tertiary/aromatic N) is 2. The standard InChI is InChI=1S/C23H29ClN4O2/c1-15-18(24)8-5-9-19(15)26-23(30)22(29)25-14-21(27(2)3)17-10-11-20-16(13-17)7-6-12-28(20)4/h5,8-11,13,21H,6-7,12,14H2,1-4H3,(H,25,29)(H,26,30)/t21-/m0/s1. The normalized spacial score (nSPS) is 14.3. The minimum absolute atomic E-state index is 0.0350. The van der Waals surface area contributed by atoms with Crippen LogP contribution in [0.5, 0.6) is 0 Å². The van der Waals surface area contributed by atoms with Gasteiger partial charge in [0.2, 0.25) is 0 Å². The fourth-order valence-electron chi connectivity index (χ4n) is 3.80. The molecule has 0 unspecified atom stereocenters. The third-order valence-corrected chi connectivity index (χ3v) is 6.05. The number of carbonyl (C=O) groups excluding carboxylic acids is 2. The first-order chi connectivity index (χ1) is 14.3. The van der Waals surface area contributed by atoms with Crippen LogP contribution >= 0.6 is 11.6 Å². The summed E-state index contributed by atoms with van der Waals surface area (Å²) in [6.45, 7) is 3.20. The number of carbonyl (C=O) groups is 2. The van der Waals surface area contributed by atoms with Crippen LogP contribution < -0.4 is 15.5 Å². The van der Waals surface area contributed by atoms with Gasteiger partial charge in [0.15, 0.2) is 0 Å². The SMILES string of the molecule is Cc1c(Cl)cccc1NC(=O)C(=O)NC[C@@H](c1ccc2c(c1)CCCN2C)N(C)C. The summed E-state index contributed by atoms with van der Waals surface area (Å²) >= 11 is 6.08. The van der Waals surface area contributed by atoms with Gasteiger partial charge in [-0.15, -0.1) is 0 Å². The van der Waals surface area contributed by atoms with Crippen molar-refractivity contribution in [3.8, 4) is 0 Å². The quantitative estimate of drug-likeness (QED) is 0.716. The highest BCUT2D eigenvalue weighted by molar-refractivity contribution is 6.40. The molecule has 30 heavy (non-hydrogen) atoms. The van der Waals surface area contributed by atoms with Crippen LogP contribution in [0.2, 0.25) is 5.02 Å². The number of halogens is 1. The summed E-state index contributed by atoms with van der Waals surface area (Å²) in [7, 11) is 6.05. The molecule has 0 aliphatic carbocycles. The maximum absolute atomic E-state index is 12.4. The van der Waals surface area contributed by atoms with Gasteiger partial charge in [-0.05, 0) is 68.8 Å². The predicted molar refractivity (Wildman–Crippen MR) is 122 cm³/mol. The van der Waals surface area contributed by atoms with Crippen molar-refractivity contribution in [1.82, 2.24) is 10.2 Å². The molecule has 1 aliphatic rings. The first-order valence-corrected chi connectivity index (χ1v) is 10.5. The summed E-state index contributed by atoms with van der Waals surface area (Å²) < 4.78 is 0. The number of fused-ring (bicyclic) bond motifs is 1. The van der Waals surface area contributed by atoms with E-state index >= 15 is 0 Å². The smallest absolute Gasteiger partial charge is 0.313 e. The van der Waals surface area contributed by atoms with Crippen molar-refractivity contribution in [3.63, 3.8) is 0 Å². The first-order valence-electron chi connectivity index (χ1n) is 10.1. The van der Waals surface area contributed by atoms with Gasteiger partial charge in [0.25, 0.3) is 0 Å². The Hall–Kier alpha value is -2.57. The number of nitrogens with one attached hydrogen (secondary N) is 2. The summed E-state index contributed by atoms with van der Waals surface area (Å²) in [5.74, 6) is -1.37. The molecule has 2 amide bonds. The Morgan fingerprint density at radius 1 is 1.20 bits per heavy atom. The van der Waals surface area contributed by atoms with Crippen LogP contribution in [0.15, 0.2) is 36.4 Å². The maximum Gasteiger partial charge on any atom is 0.313 e. The number of rotatable bonds is 5. The number of benzene rings is 2. The Kier molecular flexibility index (Phi) is 7.00. The van der Waals surface area contributed by atoms with E-state index in [1.54, 1.807) is 25.1 Å². The average Bonchev–Trinajstić information content (AvgIpc) is 2.71. The molecule has 7 heteroatoms. The lowest BCUT2D eigenvalue weighted by atomic mass is 9.96. The van der Waals surface area contributed by atoms with Crippen LogP contribution in [0, 0.1) is 6.92 Å². The van der Waals surface area contributed by atoms with Crippen molar-refractivity contribution in [2.75, 3.05) is 44.4 Å². The molecule has 1 aliphatic heterocycles. The van der Waals surface area contributed by atoms with Crippen molar-refractivity contribution in [1.29, 1.82) is 0 Å². The minimum Gasteiger partial charge on any atom is -0.374 e. The van der Waals surface area contributed by atoms with Gasteiger partial charge in [0, 0.05) is 36.5 Å². The highest BCUT2D eigenvalue weighted by Gasteiger charge is 2.21. The van der Waals surface area contributed by atoms with E-state index in [0.29, 0.717) is 17.3 Å². The summed E-state index contributed by atoms with van der Waals surface area (Å²) in [5.41, 5.74) is 4.98.